The van der Waals surface area contributed by atoms with Gasteiger partial charge < -0.3 is 10.1 Å². The fourth-order valence-corrected chi connectivity index (χ4v) is 3.18. The Hall–Kier alpha value is -2.80. The number of thiazole rings is 1. The number of carbonyl (C=O) groups excluding carboxylic acids is 2. The van der Waals surface area contributed by atoms with E-state index in [1.807, 2.05) is 30.3 Å². The molecule has 0 aliphatic heterocycles. The van der Waals surface area contributed by atoms with Gasteiger partial charge in [-0.15, -0.1) is 11.3 Å². The lowest BCUT2D eigenvalue weighted by molar-refractivity contribution is -0.142. The van der Waals surface area contributed by atoms with Gasteiger partial charge in [0, 0.05) is 17.0 Å². The third-order valence-electron chi connectivity index (χ3n) is 3.50. The number of hydrogen-bond donors (Lipinski definition) is 1. The number of anilines is 1. The number of carbonyl (C=O) groups is 2. The van der Waals surface area contributed by atoms with Crippen molar-refractivity contribution < 1.29 is 14.3 Å². The number of fused-ring (bicyclic) bond motifs is 1. The van der Waals surface area contributed by atoms with Crippen LogP contribution in [0, 0.1) is 0 Å². The minimum atomic E-state index is -0.326. The second kappa shape index (κ2) is 7.85. The first-order valence-corrected chi connectivity index (χ1v) is 8.76. The molecule has 0 atom stereocenters. The van der Waals surface area contributed by atoms with Crippen LogP contribution < -0.4 is 5.32 Å². The van der Waals surface area contributed by atoms with Gasteiger partial charge in [-0.25, -0.2) is 4.98 Å². The molecule has 1 N–H and O–H groups in total. The van der Waals surface area contributed by atoms with E-state index in [4.69, 9.17) is 4.74 Å². The number of para-hydroxylation sites is 1. The molecule has 1 aromatic carbocycles. The van der Waals surface area contributed by atoms with Crippen LogP contribution in [0.5, 0.6) is 0 Å². The van der Waals surface area contributed by atoms with Gasteiger partial charge in [-0.3, -0.25) is 14.6 Å². The average Bonchev–Trinajstić information content (AvgIpc) is 3.02. The molecule has 2 heterocycles. The van der Waals surface area contributed by atoms with Crippen LogP contribution in [0.25, 0.3) is 10.9 Å². The first-order valence-electron chi connectivity index (χ1n) is 7.88. The summed E-state index contributed by atoms with van der Waals surface area (Å²) < 4.78 is 4.89. The maximum atomic E-state index is 12.3. The number of ether oxygens (including phenoxy) is 1. The van der Waals surface area contributed by atoms with Crippen molar-refractivity contribution in [2.75, 3.05) is 11.9 Å². The van der Waals surface area contributed by atoms with Crippen LogP contribution in [-0.2, 0) is 27.2 Å². The second-order valence-electron chi connectivity index (χ2n) is 5.34. The fourth-order valence-electron chi connectivity index (χ4n) is 2.45. The number of aromatic nitrogens is 2. The third-order valence-corrected chi connectivity index (χ3v) is 4.30. The van der Waals surface area contributed by atoms with Crippen LogP contribution in [0.2, 0.25) is 0 Å². The molecule has 0 bridgehead atoms. The van der Waals surface area contributed by atoms with Crippen molar-refractivity contribution in [2.45, 2.75) is 19.8 Å². The van der Waals surface area contributed by atoms with E-state index in [-0.39, 0.29) is 24.7 Å². The zero-order chi connectivity index (χ0) is 17.6. The minimum absolute atomic E-state index is 0.105. The number of hydrogen-bond acceptors (Lipinski definition) is 6. The maximum Gasteiger partial charge on any atom is 0.311 e. The molecule has 0 fully saturated rings. The van der Waals surface area contributed by atoms with Gasteiger partial charge in [-0.1, -0.05) is 24.3 Å². The van der Waals surface area contributed by atoms with Crippen molar-refractivity contribution >= 4 is 39.2 Å². The van der Waals surface area contributed by atoms with Crippen molar-refractivity contribution in [1.29, 1.82) is 0 Å². The lowest BCUT2D eigenvalue weighted by Gasteiger charge is -2.05. The van der Waals surface area contributed by atoms with Gasteiger partial charge in [-0.05, 0) is 18.6 Å². The first-order chi connectivity index (χ1) is 12.2. The molecule has 0 spiro atoms. The zero-order valence-corrected chi connectivity index (χ0v) is 14.5. The third kappa shape index (κ3) is 4.39. The molecule has 0 aliphatic carbocycles. The summed E-state index contributed by atoms with van der Waals surface area (Å²) in [4.78, 5) is 32.4. The lowest BCUT2D eigenvalue weighted by Crippen LogP contribution is -2.15. The highest BCUT2D eigenvalue weighted by molar-refractivity contribution is 7.13. The van der Waals surface area contributed by atoms with Crippen molar-refractivity contribution in [3.63, 3.8) is 0 Å². The van der Waals surface area contributed by atoms with Gasteiger partial charge in [-0.2, -0.15) is 0 Å². The Morgan fingerprint density at radius 1 is 1.20 bits per heavy atom. The number of pyridine rings is 1. The highest BCUT2D eigenvalue weighted by atomic mass is 32.1. The molecular weight excluding hydrogens is 338 g/mol. The molecular formula is C18H17N3O3S. The van der Waals surface area contributed by atoms with E-state index in [0.29, 0.717) is 17.4 Å². The van der Waals surface area contributed by atoms with Crippen LogP contribution in [-0.4, -0.2) is 28.5 Å². The molecule has 0 radical (unpaired) electrons. The number of nitrogens with one attached hydrogen (secondary N) is 1. The maximum absolute atomic E-state index is 12.3. The highest BCUT2D eigenvalue weighted by Crippen LogP contribution is 2.19. The summed E-state index contributed by atoms with van der Waals surface area (Å²) in [6.45, 7) is 2.10. The molecule has 128 valence electrons. The molecule has 0 saturated carbocycles. The number of rotatable bonds is 6. The predicted octanol–water partition coefficient (Wildman–Crippen LogP) is 2.98. The van der Waals surface area contributed by atoms with Crippen molar-refractivity contribution in [3.8, 4) is 0 Å². The molecule has 25 heavy (non-hydrogen) atoms. The number of amides is 1. The Balaban J connectivity index is 1.65. The topological polar surface area (TPSA) is 81.2 Å². The molecule has 0 unspecified atom stereocenters. The molecule has 6 nitrogen and oxygen atoms in total. The van der Waals surface area contributed by atoms with Crippen molar-refractivity contribution in [3.05, 3.63) is 53.2 Å². The van der Waals surface area contributed by atoms with Gasteiger partial charge in [0.15, 0.2) is 5.13 Å². The standard InChI is InChI=1S/C18H17N3O3S/c1-2-24-16(23)10-14-11-25-18(20-14)21-15(22)9-13-6-3-5-12-7-4-8-19-17(12)13/h3-8,11H,2,9-10H2,1H3,(H,20,21,22). The number of benzene rings is 1. The van der Waals surface area contributed by atoms with Crippen LogP contribution in [0.3, 0.4) is 0 Å². The van der Waals surface area contributed by atoms with Gasteiger partial charge in [0.2, 0.25) is 5.91 Å². The zero-order valence-electron chi connectivity index (χ0n) is 13.7. The Bertz CT molecular complexity index is 902. The SMILES string of the molecule is CCOC(=O)Cc1csc(NC(=O)Cc2cccc3cccnc23)n1. The summed E-state index contributed by atoms with van der Waals surface area (Å²) in [6, 6.07) is 9.60. The summed E-state index contributed by atoms with van der Waals surface area (Å²) in [5.41, 5.74) is 2.27. The average molecular weight is 355 g/mol. The molecule has 1 amide bonds. The minimum Gasteiger partial charge on any atom is -0.466 e. The fraction of sp³-hybridized carbons (Fsp3) is 0.222. The van der Waals surface area contributed by atoms with Gasteiger partial charge in [0.05, 0.1) is 30.7 Å². The Morgan fingerprint density at radius 3 is 2.88 bits per heavy atom. The predicted molar refractivity (Wildman–Crippen MR) is 96.5 cm³/mol. The summed E-state index contributed by atoms with van der Waals surface area (Å²) in [6.07, 6.45) is 2.03. The van der Waals surface area contributed by atoms with Gasteiger partial charge in [0.25, 0.3) is 0 Å². The van der Waals surface area contributed by atoms with E-state index < -0.39 is 0 Å². The molecule has 2 aromatic heterocycles. The molecule has 3 aromatic rings. The summed E-state index contributed by atoms with van der Waals surface area (Å²) in [5, 5.41) is 5.98. The van der Waals surface area contributed by atoms with E-state index in [0.717, 1.165) is 16.5 Å². The van der Waals surface area contributed by atoms with Crippen molar-refractivity contribution in [2.24, 2.45) is 0 Å². The lowest BCUT2D eigenvalue weighted by atomic mass is 10.1. The normalized spacial score (nSPS) is 10.6. The van der Waals surface area contributed by atoms with Gasteiger partial charge in [0.1, 0.15) is 0 Å². The van der Waals surface area contributed by atoms with Crippen LogP contribution in [0.1, 0.15) is 18.2 Å². The monoisotopic (exact) mass is 355 g/mol. The van der Waals surface area contributed by atoms with E-state index in [1.54, 1.807) is 18.5 Å². The summed E-state index contributed by atoms with van der Waals surface area (Å²) in [5.74, 6) is -0.498. The quantitative estimate of drug-likeness (QED) is 0.688. The van der Waals surface area contributed by atoms with Crippen LogP contribution >= 0.6 is 11.3 Å². The summed E-state index contributed by atoms with van der Waals surface area (Å²) >= 11 is 1.29. The Kier molecular flexibility index (Phi) is 5.35. The van der Waals surface area contributed by atoms with Crippen molar-refractivity contribution in [1.82, 2.24) is 9.97 Å². The first kappa shape index (κ1) is 17.0. The van der Waals surface area contributed by atoms with Gasteiger partial charge >= 0.3 is 5.97 Å². The van der Waals surface area contributed by atoms with E-state index >= 15 is 0 Å². The number of nitrogens with zero attached hydrogens (tertiary/aromatic N) is 2. The molecule has 0 aliphatic rings. The van der Waals surface area contributed by atoms with E-state index in [9.17, 15) is 9.59 Å². The van der Waals surface area contributed by atoms with Crippen LogP contribution in [0.4, 0.5) is 5.13 Å². The van der Waals surface area contributed by atoms with Crippen LogP contribution in [0.15, 0.2) is 41.9 Å². The smallest absolute Gasteiger partial charge is 0.311 e. The molecule has 0 saturated heterocycles. The molecule has 3 rings (SSSR count). The number of esters is 1. The molecule has 7 heteroatoms. The Labute approximate surface area is 148 Å². The summed E-state index contributed by atoms with van der Waals surface area (Å²) in [7, 11) is 0. The van der Waals surface area contributed by atoms with E-state index in [2.05, 4.69) is 15.3 Å². The highest BCUT2D eigenvalue weighted by Gasteiger charge is 2.12. The largest absolute Gasteiger partial charge is 0.466 e. The Morgan fingerprint density at radius 2 is 2.04 bits per heavy atom. The second-order valence-corrected chi connectivity index (χ2v) is 6.20. The van der Waals surface area contributed by atoms with E-state index in [1.165, 1.54) is 11.3 Å².